The van der Waals surface area contributed by atoms with Crippen LogP contribution in [0.4, 0.5) is 0 Å². The molecule has 1 heterocycles. The lowest BCUT2D eigenvalue weighted by molar-refractivity contribution is -0.149. The van der Waals surface area contributed by atoms with Crippen molar-refractivity contribution in [3.05, 3.63) is 48.0 Å². The van der Waals surface area contributed by atoms with E-state index >= 15 is 0 Å². The summed E-state index contributed by atoms with van der Waals surface area (Å²) in [4.78, 5) is 37.3. The fourth-order valence-corrected chi connectivity index (χ4v) is 3.47. The molecule has 0 aromatic heterocycles. The zero-order chi connectivity index (χ0) is 23.0. The number of aliphatic hydroxyl groups is 1. The van der Waals surface area contributed by atoms with E-state index in [9.17, 15) is 14.4 Å². The Morgan fingerprint density at radius 1 is 1.16 bits per heavy atom. The summed E-state index contributed by atoms with van der Waals surface area (Å²) in [5.41, 5.74) is 1.09. The fourth-order valence-electron chi connectivity index (χ4n) is 3.47. The van der Waals surface area contributed by atoms with E-state index in [4.69, 9.17) is 14.6 Å². The number of carbonyl (C=O) groups excluding carboxylic acids is 3. The summed E-state index contributed by atoms with van der Waals surface area (Å²) in [6.45, 7) is 1.09. The molecule has 2 amide bonds. The van der Waals surface area contributed by atoms with E-state index in [0.29, 0.717) is 38.8 Å². The largest absolute Gasteiger partial charge is 0.464 e. The van der Waals surface area contributed by atoms with E-state index in [1.54, 1.807) is 0 Å². The highest BCUT2D eigenvalue weighted by Gasteiger charge is 2.23. The van der Waals surface area contributed by atoms with Crippen LogP contribution in [0.15, 0.2) is 42.5 Å². The number of aliphatic hydroxyl groups excluding tert-OH is 1. The summed E-state index contributed by atoms with van der Waals surface area (Å²) in [6, 6.07) is 9.85. The van der Waals surface area contributed by atoms with Gasteiger partial charge in [0.25, 0.3) is 0 Å². The molecule has 1 aromatic carbocycles. The summed E-state index contributed by atoms with van der Waals surface area (Å²) in [5, 5.41) is 14.2. The van der Waals surface area contributed by atoms with Gasteiger partial charge in [-0.2, -0.15) is 0 Å². The van der Waals surface area contributed by atoms with Crippen LogP contribution in [0.3, 0.4) is 0 Å². The molecule has 2 atom stereocenters. The zero-order valence-corrected chi connectivity index (χ0v) is 18.5. The second-order valence-corrected chi connectivity index (χ2v) is 7.72. The van der Waals surface area contributed by atoms with E-state index in [0.717, 1.165) is 5.56 Å². The van der Waals surface area contributed by atoms with Crippen LogP contribution in [-0.4, -0.2) is 62.4 Å². The molecule has 0 saturated carbocycles. The molecule has 3 N–H and O–H groups in total. The van der Waals surface area contributed by atoms with Gasteiger partial charge in [0.05, 0.1) is 38.2 Å². The summed E-state index contributed by atoms with van der Waals surface area (Å²) >= 11 is 0. The Kier molecular flexibility index (Phi) is 12.1. The van der Waals surface area contributed by atoms with Crippen LogP contribution < -0.4 is 10.6 Å². The van der Waals surface area contributed by atoms with Crippen molar-refractivity contribution in [2.45, 2.75) is 32.1 Å². The molecule has 0 fully saturated rings. The van der Waals surface area contributed by atoms with Crippen molar-refractivity contribution in [2.24, 2.45) is 11.8 Å². The monoisotopic (exact) mass is 446 g/mol. The van der Waals surface area contributed by atoms with E-state index in [1.807, 2.05) is 42.5 Å². The quantitative estimate of drug-likeness (QED) is 0.300. The molecular formula is C24H34N2O6. The summed E-state index contributed by atoms with van der Waals surface area (Å²) < 4.78 is 10.5. The van der Waals surface area contributed by atoms with Crippen molar-refractivity contribution >= 4 is 17.8 Å². The average Bonchev–Trinajstić information content (AvgIpc) is 2.80. The Labute approximate surface area is 189 Å². The first-order chi connectivity index (χ1) is 15.6. The minimum atomic E-state index is -0.499. The standard InChI is InChI=1S/C24H34N2O6/c27-13-16-31-14-11-25-22(28)18-20-9-5-2-6-10-21(17-19-7-3-1-4-8-19)24(30)32-15-12-26-23(20)29/h1-5,7-8,20-21,27H,6,9-18H2,(H,25,28)(H,26,29)/t20-,21-/m1/s1. The molecular weight excluding hydrogens is 412 g/mol. The number of cyclic esters (lactones) is 1. The first kappa shape index (κ1) is 25.5. The van der Waals surface area contributed by atoms with Crippen LogP contribution in [0.25, 0.3) is 0 Å². The van der Waals surface area contributed by atoms with E-state index < -0.39 is 5.92 Å². The molecule has 0 spiro atoms. The van der Waals surface area contributed by atoms with Crippen LogP contribution in [0, 0.1) is 11.8 Å². The average molecular weight is 447 g/mol. The van der Waals surface area contributed by atoms with E-state index in [-0.39, 0.29) is 56.5 Å². The van der Waals surface area contributed by atoms with Crippen molar-refractivity contribution in [1.29, 1.82) is 0 Å². The fraction of sp³-hybridized carbons (Fsp3) is 0.542. The number of rotatable bonds is 9. The Bertz CT molecular complexity index is 737. The highest BCUT2D eigenvalue weighted by Crippen LogP contribution is 2.18. The molecule has 0 radical (unpaired) electrons. The molecule has 0 bridgehead atoms. The number of hydrogen-bond donors (Lipinski definition) is 3. The first-order valence-corrected chi connectivity index (χ1v) is 11.2. The third kappa shape index (κ3) is 10.1. The number of amides is 2. The molecule has 1 aliphatic heterocycles. The number of esters is 1. The molecule has 1 aliphatic rings. The third-order valence-electron chi connectivity index (χ3n) is 5.18. The number of ether oxygens (including phenoxy) is 2. The van der Waals surface area contributed by atoms with Gasteiger partial charge in [0.15, 0.2) is 0 Å². The Morgan fingerprint density at radius 3 is 2.75 bits per heavy atom. The zero-order valence-electron chi connectivity index (χ0n) is 18.5. The van der Waals surface area contributed by atoms with Crippen molar-refractivity contribution in [3.63, 3.8) is 0 Å². The number of carbonyl (C=O) groups is 3. The minimum Gasteiger partial charge on any atom is -0.464 e. The minimum absolute atomic E-state index is 0.0621. The molecule has 176 valence electrons. The number of allylic oxidation sites excluding steroid dienone is 2. The van der Waals surface area contributed by atoms with Crippen LogP contribution >= 0.6 is 0 Å². The molecule has 1 aromatic rings. The SMILES string of the molecule is O=C(C[C@H]1CC=CCC[C@H](Cc2ccccc2)C(=O)OCCNC1=O)NCCOCCO. The Balaban J connectivity index is 1.89. The molecule has 2 rings (SSSR count). The lowest BCUT2D eigenvalue weighted by Gasteiger charge is -2.16. The lowest BCUT2D eigenvalue weighted by atomic mass is 9.94. The third-order valence-corrected chi connectivity index (χ3v) is 5.18. The lowest BCUT2D eigenvalue weighted by Crippen LogP contribution is -2.37. The Morgan fingerprint density at radius 2 is 1.97 bits per heavy atom. The van der Waals surface area contributed by atoms with Crippen LogP contribution in [0.1, 0.15) is 31.2 Å². The second kappa shape index (κ2) is 15.2. The maximum absolute atomic E-state index is 12.5. The van der Waals surface area contributed by atoms with Crippen molar-refractivity contribution < 1.29 is 29.0 Å². The van der Waals surface area contributed by atoms with Crippen molar-refractivity contribution in [1.82, 2.24) is 10.6 Å². The molecule has 8 heteroatoms. The highest BCUT2D eigenvalue weighted by molar-refractivity contribution is 5.85. The van der Waals surface area contributed by atoms with Gasteiger partial charge in [0.2, 0.25) is 11.8 Å². The van der Waals surface area contributed by atoms with Gasteiger partial charge in [-0.25, -0.2) is 0 Å². The van der Waals surface area contributed by atoms with Gasteiger partial charge in [-0.15, -0.1) is 0 Å². The maximum Gasteiger partial charge on any atom is 0.309 e. The summed E-state index contributed by atoms with van der Waals surface area (Å²) in [6.07, 6.45) is 6.34. The van der Waals surface area contributed by atoms with Crippen LogP contribution in [0.2, 0.25) is 0 Å². The van der Waals surface area contributed by atoms with Gasteiger partial charge < -0.3 is 25.2 Å². The number of benzene rings is 1. The number of hydrogen-bond acceptors (Lipinski definition) is 6. The van der Waals surface area contributed by atoms with Gasteiger partial charge >= 0.3 is 5.97 Å². The summed E-state index contributed by atoms with van der Waals surface area (Å²) in [7, 11) is 0. The molecule has 0 aliphatic carbocycles. The number of nitrogens with one attached hydrogen (secondary N) is 2. The normalized spacial score (nSPS) is 20.3. The predicted molar refractivity (Wildman–Crippen MR) is 120 cm³/mol. The van der Waals surface area contributed by atoms with E-state index in [2.05, 4.69) is 10.6 Å². The van der Waals surface area contributed by atoms with E-state index in [1.165, 1.54) is 0 Å². The second-order valence-electron chi connectivity index (χ2n) is 7.72. The van der Waals surface area contributed by atoms with Gasteiger partial charge in [-0.05, 0) is 31.2 Å². The molecule has 0 saturated heterocycles. The maximum atomic E-state index is 12.5. The van der Waals surface area contributed by atoms with Crippen molar-refractivity contribution in [3.8, 4) is 0 Å². The predicted octanol–water partition coefficient (Wildman–Crippen LogP) is 1.38. The Hall–Kier alpha value is -2.71. The summed E-state index contributed by atoms with van der Waals surface area (Å²) in [5.74, 6) is -1.47. The first-order valence-electron chi connectivity index (χ1n) is 11.2. The molecule has 0 unspecified atom stereocenters. The topological polar surface area (TPSA) is 114 Å². The van der Waals surface area contributed by atoms with Gasteiger partial charge in [-0.1, -0.05) is 42.5 Å². The van der Waals surface area contributed by atoms with Gasteiger partial charge in [0.1, 0.15) is 6.61 Å². The molecule has 32 heavy (non-hydrogen) atoms. The van der Waals surface area contributed by atoms with Crippen molar-refractivity contribution in [2.75, 3.05) is 39.5 Å². The van der Waals surface area contributed by atoms with Gasteiger partial charge in [0, 0.05) is 13.0 Å². The van der Waals surface area contributed by atoms with Crippen LogP contribution in [-0.2, 0) is 30.3 Å². The molecule has 8 nitrogen and oxygen atoms in total. The highest BCUT2D eigenvalue weighted by atomic mass is 16.5. The van der Waals surface area contributed by atoms with Gasteiger partial charge in [-0.3, -0.25) is 14.4 Å². The smallest absolute Gasteiger partial charge is 0.309 e. The van der Waals surface area contributed by atoms with Crippen LogP contribution in [0.5, 0.6) is 0 Å².